The molecule has 0 fully saturated rings. The summed E-state index contributed by atoms with van der Waals surface area (Å²) in [7, 11) is 0. The van der Waals surface area contributed by atoms with Crippen molar-refractivity contribution in [1.82, 2.24) is 19.5 Å². The summed E-state index contributed by atoms with van der Waals surface area (Å²) in [6.45, 7) is 0. The number of halogens is 1. The van der Waals surface area contributed by atoms with Gasteiger partial charge < -0.3 is 4.98 Å². The van der Waals surface area contributed by atoms with Crippen molar-refractivity contribution in [1.29, 1.82) is 0 Å². The Morgan fingerprint density at radius 1 is 1.21 bits per heavy atom. The van der Waals surface area contributed by atoms with Gasteiger partial charge in [-0.1, -0.05) is 11.3 Å². The number of nitrogens with one attached hydrogen (secondary N) is 1. The Balaban J connectivity index is 2.03. The molecule has 0 saturated carbocycles. The smallest absolute Gasteiger partial charge is 0.270 e. The van der Waals surface area contributed by atoms with Crippen LogP contribution < -0.4 is 5.56 Å². The average molecular weight is 356 g/mol. The van der Waals surface area contributed by atoms with Gasteiger partial charge in [0.1, 0.15) is 16.3 Å². The van der Waals surface area contributed by atoms with Crippen molar-refractivity contribution in [3.05, 3.63) is 68.9 Å². The summed E-state index contributed by atoms with van der Waals surface area (Å²) in [6, 6.07) is 9.46. The summed E-state index contributed by atoms with van der Waals surface area (Å²) in [4.78, 5) is 23.7. The van der Waals surface area contributed by atoms with Gasteiger partial charge in [-0.15, -0.1) is 0 Å². The molecule has 8 heteroatoms. The van der Waals surface area contributed by atoms with Crippen LogP contribution in [0, 0.1) is 9.77 Å². The molecule has 0 saturated heterocycles. The molecule has 0 atom stereocenters. The molecule has 0 aliphatic heterocycles. The van der Waals surface area contributed by atoms with Gasteiger partial charge in [-0.3, -0.25) is 14.3 Å². The van der Waals surface area contributed by atoms with Crippen molar-refractivity contribution in [2.45, 2.75) is 0 Å². The largest absolute Gasteiger partial charge is 0.305 e. The van der Waals surface area contributed by atoms with Crippen molar-refractivity contribution in [3.8, 4) is 17.1 Å². The molecule has 0 radical (unpaired) electrons. The molecule has 4 rings (SSSR count). The molecule has 4 aromatic rings. The van der Waals surface area contributed by atoms with E-state index in [0.717, 1.165) is 0 Å². The molecule has 5 nitrogen and oxygen atoms in total. The van der Waals surface area contributed by atoms with E-state index in [0.29, 0.717) is 31.4 Å². The molecule has 0 aliphatic carbocycles. The lowest BCUT2D eigenvalue weighted by Gasteiger charge is -2.05. The zero-order valence-corrected chi connectivity index (χ0v) is 13.7. The summed E-state index contributed by atoms with van der Waals surface area (Å²) in [6.07, 6.45) is 3.26. The summed E-state index contributed by atoms with van der Waals surface area (Å²) in [5, 5.41) is 0. The Morgan fingerprint density at radius 3 is 2.71 bits per heavy atom. The normalized spacial score (nSPS) is 11.0. The highest BCUT2D eigenvalue weighted by molar-refractivity contribution is 7.73. The van der Waals surface area contributed by atoms with E-state index in [-0.39, 0.29) is 11.4 Å². The second-order valence-corrected chi connectivity index (χ2v) is 6.63. The average Bonchev–Trinajstić information content (AvgIpc) is 2.93. The maximum atomic E-state index is 13.2. The van der Waals surface area contributed by atoms with Crippen molar-refractivity contribution in [2.75, 3.05) is 0 Å². The number of aromatic amines is 1. The van der Waals surface area contributed by atoms with E-state index < -0.39 is 0 Å². The lowest BCUT2D eigenvalue weighted by atomic mass is 10.2. The number of hydrogen-bond acceptors (Lipinski definition) is 5. The number of hydrogen-bond donors (Lipinski definition) is 1. The summed E-state index contributed by atoms with van der Waals surface area (Å²) >= 11 is 6.54. The quantitative estimate of drug-likeness (QED) is 0.556. The number of H-pyrrole nitrogens is 1. The van der Waals surface area contributed by atoms with Crippen molar-refractivity contribution < 1.29 is 4.39 Å². The lowest BCUT2D eigenvalue weighted by Crippen LogP contribution is -2.09. The van der Waals surface area contributed by atoms with E-state index in [2.05, 4.69) is 15.0 Å². The van der Waals surface area contributed by atoms with Crippen LogP contribution in [-0.4, -0.2) is 19.5 Å². The monoisotopic (exact) mass is 356 g/mol. The Labute approximate surface area is 144 Å². The highest BCUT2D eigenvalue weighted by atomic mass is 32.1. The van der Waals surface area contributed by atoms with Gasteiger partial charge in [-0.05, 0) is 48.6 Å². The fraction of sp³-hybridized carbons (Fsp3) is 0. The molecule has 1 aromatic carbocycles. The van der Waals surface area contributed by atoms with Gasteiger partial charge >= 0.3 is 0 Å². The molecule has 3 heterocycles. The molecule has 3 aromatic heterocycles. The van der Waals surface area contributed by atoms with Crippen molar-refractivity contribution >= 4 is 33.9 Å². The van der Waals surface area contributed by atoms with Gasteiger partial charge in [-0.25, -0.2) is 9.37 Å². The van der Waals surface area contributed by atoms with Crippen LogP contribution in [-0.2, 0) is 0 Å². The topological polar surface area (TPSA) is 63.6 Å². The SMILES string of the molecule is O=c1[nH]c(-c2cccnc2)nc2c1sc(=S)n2-c1ccc(F)cc1. The number of thiazole rings is 1. The minimum Gasteiger partial charge on any atom is -0.305 e. The van der Waals surface area contributed by atoms with Gasteiger partial charge in [0.2, 0.25) is 0 Å². The maximum absolute atomic E-state index is 13.2. The number of aromatic nitrogens is 4. The van der Waals surface area contributed by atoms with E-state index in [9.17, 15) is 9.18 Å². The van der Waals surface area contributed by atoms with Crippen LogP contribution in [0.4, 0.5) is 4.39 Å². The molecule has 0 spiro atoms. The van der Waals surface area contributed by atoms with E-state index in [1.807, 2.05) is 0 Å². The fourth-order valence-electron chi connectivity index (χ4n) is 2.37. The van der Waals surface area contributed by atoms with E-state index >= 15 is 0 Å². The zero-order chi connectivity index (χ0) is 16.7. The summed E-state index contributed by atoms with van der Waals surface area (Å²) in [5.74, 6) is 0.0657. The number of fused-ring (bicyclic) bond motifs is 1. The molecule has 0 bridgehead atoms. The predicted octanol–water partition coefficient (Wildman–Crippen LogP) is 3.71. The van der Waals surface area contributed by atoms with Crippen molar-refractivity contribution in [2.24, 2.45) is 0 Å². The second kappa shape index (κ2) is 5.73. The van der Waals surface area contributed by atoms with Crippen LogP contribution in [0.25, 0.3) is 27.4 Å². The Hall–Kier alpha value is -2.71. The summed E-state index contributed by atoms with van der Waals surface area (Å²) < 4.78 is 15.8. The number of benzene rings is 1. The highest BCUT2D eigenvalue weighted by Gasteiger charge is 2.14. The van der Waals surface area contributed by atoms with Gasteiger partial charge in [0.05, 0.1) is 0 Å². The highest BCUT2D eigenvalue weighted by Crippen LogP contribution is 2.24. The van der Waals surface area contributed by atoms with Gasteiger partial charge in [0.15, 0.2) is 9.60 Å². The Morgan fingerprint density at radius 2 is 2.00 bits per heavy atom. The first-order valence-electron chi connectivity index (χ1n) is 6.96. The first kappa shape index (κ1) is 14.9. The van der Waals surface area contributed by atoms with E-state index in [1.54, 1.807) is 41.2 Å². The van der Waals surface area contributed by atoms with E-state index in [1.165, 1.54) is 23.5 Å². The third kappa shape index (κ3) is 2.45. The molecule has 0 aliphatic rings. The van der Waals surface area contributed by atoms with Crippen LogP contribution in [0.5, 0.6) is 0 Å². The molecule has 24 heavy (non-hydrogen) atoms. The molecular weight excluding hydrogens is 347 g/mol. The standard InChI is InChI=1S/C16H9FN4OS2/c17-10-3-5-11(6-4-10)21-14-12(24-16(21)23)15(22)20-13(19-14)9-2-1-7-18-8-9/h1-8H,(H,19,20,22). The van der Waals surface area contributed by atoms with Crippen LogP contribution >= 0.6 is 23.6 Å². The predicted molar refractivity (Wildman–Crippen MR) is 93.6 cm³/mol. The minimum atomic E-state index is -0.341. The molecular formula is C16H9FN4OS2. The number of pyridine rings is 1. The number of rotatable bonds is 2. The second-order valence-electron chi connectivity index (χ2n) is 4.99. The third-order valence-corrected chi connectivity index (χ3v) is 4.82. The first-order chi connectivity index (χ1) is 11.6. The van der Waals surface area contributed by atoms with Gasteiger partial charge in [-0.2, -0.15) is 0 Å². The third-order valence-electron chi connectivity index (χ3n) is 3.46. The summed E-state index contributed by atoms with van der Waals surface area (Å²) in [5.41, 5.74) is 1.53. The number of nitrogens with zero attached hydrogens (tertiary/aromatic N) is 3. The van der Waals surface area contributed by atoms with E-state index in [4.69, 9.17) is 12.2 Å². The molecule has 118 valence electrons. The van der Waals surface area contributed by atoms with Gasteiger partial charge in [0.25, 0.3) is 5.56 Å². The van der Waals surface area contributed by atoms with Crippen LogP contribution in [0.3, 0.4) is 0 Å². The zero-order valence-electron chi connectivity index (χ0n) is 12.1. The van der Waals surface area contributed by atoms with Crippen LogP contribution in [0.2, 0.25) is 0 Å². The minimum absolute atomic E-state index is 0.268. The van der Waals surface area contributed by atoms with Crippen LogP contribution in [0.15, 0.2) is 53.6 Å². The Kier molecular flexibility index (Phi) is 3.55. The molecule has 0 unspecified atom stereocenters. The van der Waals surface area contributed by atoms with Gasteiger partial charge in [0, 0.05) is 23.6 Å². The van der Waals surface area contributed by atoms with Crippen LogP contribution in [0.1, 0.15) is 0 Å². The molecule has 1 N–H and O–H groups in total. The van der Waals surface area contributed by atoms with Crippen molar-refractivity contribution in [3.63, 3.8) is 0 Å². The lowest BCUT2D eigenvalue weighted by molar-refractivity contribution is 0.627. The maximum Gasteiger partial charge on any atom is 0.270 e. The first-order valence-corrected chi connectivity index (χ1v) is 8.18. The Bertz CT molecular complexity index is 1150. The molecule has 0 amide bonds. The fourth-order valence-corrected chi connectivity index (χ4v) is 3.64.